The fourth-order valence-electron chi connectivity index (χ4n) is 1.87. The maximum absolute atomic E-state index is 9.34. The lowest BCUT2D eigenvalue weighted by Gasteiger charge is -2.23. The average Bonchev–Trinajstić information content (AvgIpc) is 2.37. The standard InChI is InChI=1S/C15H24N2O/c1-5-7-17(8-6-2)15-10-13(11-18)9-14(16-15)12(3)4/h5,9-10,12,18H,1,6-8,11H2,2-4H3. The summed E-state index contributed by atoms with van der Waals surface area (Å²) in [4.78, 5) is 6.88. The molecule has 0 saturated heterocycles. The number of anilines is 1. The number of aliphatic hydroxyl groups excluding tert-OH is 1. The fraction of sp³-hybridized carbons (Fsp3) is 0.533. The highest BCUT2D eigenvalue weighted by Crippen LogP contribution is 2.20. The quantitative estimate of drug-likeness (QED) is 0.753. The molecule has 100 valence electrons. The number of pyridine rings is 1. The minimum Gasteiger partial charge on any atom is -0.392 e. The molecule has 1 heterocycles. The smallest absolute Gasteiger partial charge is 0.129 e. The normalized spacial score (nSPS) is 10.7. The van der Waals surface area contributed by atoms with E-state index in [0.717, 1.165) is 36.6 Å². The van der Waals surface area contributed by atoms with Crippen LogP contribution in [0.2, 0.25) is 0 Å². The van der Waals surface area contributed by atoms with E-state index in [9.17, 15) is 5.11 Å². The first kappa shape index (κ1) is 14.7. The van der Waals surface area contributed by atoms with Crippen molar-refractivity contribution in [2.75, 3.05) is 18.0 Å². The maximum Gasteiger partial charge on any atom is 0.129 e. The van der Waals surface area contributed by atoms with Gasteiger partial charge in [-0.3, -0.25) is 0 Å². The van der Waals surface area contributed by atoms with Crippen molar-refractivity contribution in [3.8, 4) is 0 Å². The highest BCUT2D eigenvalue weighted by Gasteiger charge is 2.10. The van der Waals surface area contributed by atoms with Crippen molar-refractivity contribution in [2.45, 2.75) is 39.7 Å². The van der Waals surface area contributed by atoms with Crippen LogP contribution < -0.4 is 4.90 Å². The Balaban J connectivity index is 3.10. The lowest BCUT2D eigenvalue weighted by atomic mass is 10.1. The van der Waals surface area contributed by atoms with Crippen LogP contribution in [0.3, 0.4) is 0 Å². The van der Waals surface area contributed by atoms with Gasteiger partial charge in [0, 0.05) is 18.8 Å². The lowest BCUT2D eigenvalue weighted by molar-refractivity contribution is 0.281. The first-order valence-electron chi connectivity index (χ1n) is 6.59. The largest absolute Gasteiger partial charge is 0.392 e. The Morgan fingerprint density at radius 2 is 2.17 bits per heavy atom. The molecule has 0 unspecified atom stereocenters. The molecule has 0 fully saturated rings. The van der Waals surface area contributed by atoms with Gasteiger partial charge in [-0.15, -0.1) is 6.58 Å². The predicted molar refractivity (Wildman–Crippen MR) is 76.9 cm³/mol. The highest BCUT2D eigenvalue weighted by atomic mass is 16.3. The van der Waals surface area contributed by atoms with Crippen molar-refractivity contribution in [3.63, 3.8) is 0 Å². The third kappa shape index (κ3) is 3.84. The zero-order chi connectivity index (χ0) is 13.5. The van der Waals surface area contributed by atoms with Crippen LogP contribution in [0, 0.1) is 0 Å². The first-order chi connectivity index (χ1) is 8.62. The molecule has 1 aromatic heterocycles. The van der Waals surface area contributed by atoms with E-state index in [2.05, 4.69) is 37.2 Å². The van der Waals surface area contributed by atoms with Gasteiger partial charge in [-0.25, -0.2) is 4.98 Å². The van der Waals surface area contributed by atoms with Crippen molar-refractivity contribution in [1.29, 1.82) is 0 Å². The fourth-order valence-corrected chi connectivity index (χ4v) is 1.87. The Morgan fingerprint density at radius 1 is 1.44 bits per heavy atom. The van der Waals surface area contributed by atoms with Gasteiger partial charge in [-0.2, -0.15) is 0 Å². The average molecular weight is 248 g/mol. The Labute approximate surface area is 110 Å². The summed E-state index contributed by atoms with van der Waals surface area (Å²) in [7, 11) is 0. The summed E-state index contributed by atoms with van der Waals surface area (Å²) in [5.41, 5.74) is 1.95. The van der Waals surface area contributed by atoms with Gasteiger partial charge >= 0.3 is 0 Å². The van der Waals surface area contributed by atoms with Gasteiger partial charge in [0.2, 0.25) is 0 Å². The SMILES string of the molecule is C=CCN(CCC)c1cc(CO)cc(C(C)C)n1. The Hall–Kier alpha value is -1.35. The minimum atomic E-state index is 0.0588. The second-order valence-corrected chi connectivity index (χ2v) is 4.81. The number of nitrogens with zero attached hydrogens (tertiary/aromatic N) is 2. The van der Waals surface area contributed by atoms with E-state index in [-0.39, 0.29) is 6.61 Å². The molecule has 0 saturated carbocycles. The Morgan fingerprint density at radius 3 is 2.67 bits per heavy atom. The summed E-state index contributed by atoms with van der Waals surface area (Å²) in [6.07, 6.45) is 2.95. The van der Waals surface area contributed by atoms with Crippen molar-refractivity contribution in [2.24, 2.45) is 0 Å². The molecule has 0 atom stereocenters. The van der Waals surface area contributed by atoms with Crippen LogP contribution in [-0.2, 0) is 6.61 Å². The molecule has 0 spiro atoms. The second kappa shape index (κ2) is 7.17. The zero-order valence-corrected chi connectivity index (χ0v) is 11.7. The minimum absolute atomic E-state index is 0.0588. The third-order valence-corrected chi connectivity index (χ3v) is 2.83. The molecule has 0 aromatic carbocycles. The van der Waals surface area contributed by atoms with E-state index >= 15 is 0 Å². The van der Waals surface area contributed by atoms with Crippen LogP contribution in [0.1, 0.15) is 44.4 Å². The molecule has 0 radical (unpaired) electrons. The summed E-state index contributed by atoms with van der Waals surface area (Å²) in [5, 5.41) is 9.34. The number of aliphatic hydroxyl groups is 1. The van der Waals surface area contributed by atoms with Gasteiger partial charge in [-0.1, -0.05) is 26.8 Å². The van der Waals surface area contributed by atoms with Crippen molar-refractivity contribution >= 4 is 5.82 Å². The first-order valence-corrected chi connectivity index (χ1v) is 6.59. The number of rotatable bonds is 7. The number of hydrogen-bond acceptors (Lipinski definition) is 3. The molecule has 0 aliphatic carbocycles. The Kier molecular flexibility index (Phi) is 5.86. The van der Waals surface area contributed by atoms with E-state index in [0.29, 0.717) is 5.92 Å². The molecule has 18 heavy (non-hydrogen) atoms. The van der Waals surface area contributed by atoms with Gasteiger partial charge in [0.05, 0.1) is 6.61 Å². The van der Waals surface area contributed by atoms with Gasteiger partial charge in [0.1, 0.15) is 5.82 Å². The molecule has 1 rings (SSSR count). The molecule has 0 amide bonds. The topological polar surface area (TPSA) is 36.4 Å². The van der Waals surface area contributed by atoms with Crippen LogP contribution in [-0.4, -0.2) is 23.2 Å². The highest BCUT2D eigenvalue weighted by molar-refractivity contribution is 5.43. The van der Waals surface area contributed by atoms with E-state index in [1.165, 1.54) is 0 Å². The summed E-state index contributed by atoms with van der Waals surface area (Å²) < 4.78 is 0. The summed E-state index contributed by atoms with van der Waals surface area (Å²) in [6.45, 7) is 12.0. The van der Waals surface area contributed by atoms with E-state index < -0.39 is 0 Å². The van der Waals surface area contributed by atoms with E-state index in [4.69, 9.17) is 0 Å². The molecular weight excluding hydrogens is 224 g/mol. The molecule has 3 nitrogen and oxygen atoms in total. The summed E-state index contributed by atoms with van der Waals surface area (Å²) >= 11 is 0. The van der Waals surface area contributed by atoms with Gasteiger partial charge in [0.15, 0.2) is 0 Å². The molecule has 0 aliphatic rings. The van der Waals surface area contributed by atoms with Crippen LogP contribution in [0.5, 0.6) is 0 Å². The molecule has 3 heteroatoms. The molecule has 0 aliphatic heterocycles. The summed E-state index contributed by atoms with van der Waals surface area (Å²) in [5.74, 6) is 1.30. The van der Waals surface area contributed by atoms with Crippen LogP contribution >= 0.6 is 0 Å². The van der Waals surface area contributed by atoms with Crippen LogP contribution in [0.4, 0.5) is 5.82 Å². The van der Waals surface area contributed by atoms with Crippen molar-refractivity contribution in [1.82, 2.24) is 4.98 Å². The van der Waals surface area contributed by atoms with Crippen LogP contribution in [0.25, 0.3) is 0 Å². The lowest BCUT2D eigenvalue weighted by Crippen LogP contribution is -2.25. The molecule has 1 aromatic rings. The second-order valence-electron chi connectivity index (χ2n) is 4.81. The van der Waals surface area contributed by atoms with Gasteiger partial charge in [-0.05, 0) is 30.0 Å². The van der Waals surface area contributed by atoms with Crippen molar-refractivity contribution < 1.29 is 5.11 Å². The Bertz CT molecular complexity index is 388. The molecular formula is C15H24N2O. The number of hydrogen-bond donors (Lipinski definition) is 1. The van der Waals surface area contributed by atoms with Gasteiger partial charge in [0.25, 0.3) is 0 Å². The maximum atomic E-state index is 9.34. The third-order valence-electron chi connectivity index (χ3n) is 2.83. The molecule has 1 N–H and O–H groups in total. The van der Waals surface area contributed by atoms with E-state index in [1.807, 2.05) is 18.2 Å². The van der Waals surface area contributed by atoms with Crippen LogP contribution in [0.15, 0.2) is 24.8 Å². The zero-order valence-electron chi connectivity index (χ0n) is 11.7. The van der Waals surface area contributed by atoms with Gasteiger partial charge < -0.3 is 10.0 Å². The van der Waals surface area contributed by atoms with E-state index in [1.54, 1.807) is 0 Å². The van der Waals surface area contributed by atoms with Crippen molar-refractivity contribution in [3.05, 3.63) is 36.0 Å². The monoisotopic (exact) mass is 248 g/mol. The molecule has 0 bridgehead atoms. The summed E-state index contributed by atoms with van der Waals surface area (Å²) in [6, 6.07) is 3.94. The number of aromatic nitrogens is 1. The predicted octanol–water partition coefficient (Wildman–Crippen LogP) is 3.10.